The van der Waals surface area contributed by atoms with Crippen LogP contribution in [0, 0.1) is 0 Å². The summed E-state index contributed by atoms with van der Waals surface area (Å²) in [6, 6.07) is 9.03. The van der Waals surface area contributed by atoms with Gasteiger partial charge in [-0.3, -0.25) is 4.79 Å². The molecule has 0 aromatic heterocycles. The third-order valence-electron chi connectivity index (χ3n) is 2.37. The maximum absolute atomic E-state index is 11.7. The maximum Gasteiger partial charge on any atom is 0.326 e. The summed E-state index contributed by atoms with van der Waals surface area (Å²) in [7, 11) is 0. The molecule has 1 atom stereocenters. The van der Waals surface area contributed by atoms with Crippen LogP contribution >= 0.6 is 0 Å². The lowest BCUT2D eigenvalue weighted by atomic mass is 10.3. The van der Waals surface area contributed by atoms with Crippen molar-refractivity contribution >= 4 is 5.97 Å². The zero-order valence-electron chi connectivity index (χ0n) is 11.0. The molecule has 0 radical (unpaired) electrons. The second kappa shape index (κ2) is 8.53. The summed E-state index contributed by atoms with van der Waals surface area (Å²) in [6.45, 7) is 5.28. The standard InChI is InChI=1S/C14H21NO3/c1-3-10-15-13(14(16)17-4-2)11-18-12-8-6-5-7-9-12/h5-9,13,15H,3-4,10-11H2,1-2H3. The molecule has 1 N–H and O–H groups in total. The van der Waals surface area contributed by atoms with Crippen molar-refractivity contribution in [2.24, 2.45) is 0 Å². The molecule has 1 aromatic rings. The van der Waals surface area contributed by atoms with Gasteiger partial charge in [0.15, 0.2) is 0 Å². The molecule has 1 aromatic carbocycles. The number of hydrogen-bond acceptors (Lipinski definition) is 4. The van der Waals surface area contributed by atoms with Gasteiger partial charge in [0, 0.05) is 0 Å². The molecule has 100 valence electrons. The van der Waals surface area contributed by atoms with E-state index in [9.17, 15) is 4.79 Å². The summed E-state index contributed by atoms with van der Waals surface area (Å²) < 4.78 is 10.6. The molecular weight excluding hydrogens is 230 g/mol. The predicted octanol–water partition coefficient (Wildman–Crippen LogP) is 2.00. The molecule has 0 spiro atoms. The number of hydrogen-bond donors (Lipinski definition) is 1. The van der Waals surface area contributed by atoms with Gasteiger partial charge in [-0.05, 0) is 32.0 Å². The van der Waals surface area contributed by atoms with Crippen molar-refractivity contribution < 1.29 is 14.3 Å². The fourth-order valence-electron chi connectivity index (χ4n) is 1.47. The summed E-state index contributed by atoms with van der Waals surface area (Å²) in [5.41, 5.74) is 0. The molecule has 0 aliphatic carbocycles. The highest BCUT2D eigenvalue weighted by molar-refractivity contribution is 5.76. The summed E-state index contributed by atoms with van der Waals surface area (Å²) in [5, 5.41) is 3.12. The Morgan fingerprint density at radius 3 is 2.61 bits per heavy atom. The average molecular weight is 251 g/mol. The minimum Gasteiger partial charge on any atom is -0.491 e. The quantitative estimate of drug-likeness (QED) is 0.718. The zero-order valence-corrected chi connectivity index (χ0v) is 11.0. The van der Waals surface area contributed by atoms with Crippen LogP contribution in [0.25, 0.3) is 0 Å². The lowest BCUT2D eigenvalue weighted by Gasteiger charge is -2.17. The Kier molecular flexibility index (Phi) is 6.87. The Balaban J connectivity index is 2.47. The highest BCUT2D eigenvalue weighted by atomic mass is 16.5. The van der Waals surface area contributed by atoms with Gasteiger partial charge in [-0.25, -0.2) is 0 Å². The van der Waals surface area contributed by atoms with E-state index in [2.05, 4.69) is 5.32 Å². The smallest absolute Gasteiger partial charge is 0.326 e. The first-order valence-corrected chi connectivity index (χ1v) is 6.35. The Labute approximate surface area is 108 Å². The lowest BCUT2D eigenvalue weighted by molar-refractivity contribution is -0.146. The van der Waals surface area contributed by atoms with E-state index in [1.165, 1.54) is 0 Å². The summed E-state index contributed by atoms with van der Waals surface area (Å²) in [4.78, 5) is 11.7. The molecule has 0 aliphatic rings. The number of esters is 1. The van der Waals surface area contributed by atoms with E-state index in [-0.39, 0.29) is 12.6 Å². The number of ether oxygens (including phenoxy) is 2. The lowest BCUT2D eigenvalue weighted by Crippen LogP contribution is -2.43. The molecule has 0 saturated heterocycles. The third kappa shape index (κ3) is 5.19. The number of nitrogens with one attached hydrogen (secondary N) is 1. The molecule has 4 heteroatoms. The fourth-order valence-corrected chi connectivity index (χ4v) is 1.47. The van der Waals surface area contributed by atoms with E-state index in [1.807, 2.05) is 37.3 Å². The fraction of sp³-hybridized carbons (Fsp3) is 0.500. The molecule has 18 heavy (non-hydrogen) atoms. The second-order valence-corrected chi connectivity index (χ2v) is 3.88. The van der Waals surface area contributed by atoms with Crippen LogP contribution in [-0.4, -0.2) is 31.8 Å². The zero-order chi connectivity index (χ0) is 13.2. The molecule has 0 aliphatic heterocycles. The van der Waals surface area contributed by atoms with E-state index >= 15 is 0 Å². The normalized spacial score (nSPS) is 11.9. The van der Waals surface area contributed by atoms with Gasteiger partial charge >= 0.3 is 5.97 Å². The average Bonchev–Trinajstić information content (AvgIpc) is 2.40. The molecule has 4 nitrogen and oxygen atoms in total. The monoisotopic (exact) mass is 251 g/mol. The van der Waals surface area contributed by atoms with Crippen molar-refractivity contribution in [3.63, 3.8) is 0 Å². The van der Waals surface area contributed by atoms with Crippen molar-refractivity contribution in [1.29, 1.82) is 0 Å². The summed E-state index contributed by atoms with van der Waals surface area (Å²) in [6.07, 6.45) is 0.960. The first kappa shape index (κ1) is 14.5. The summed E-state index contributed by atoms with van der Waals surface area (Å²) in [5.74, 6) is 0.493. The first-order chi connectivity index (χ1) is 8.77. The van der Waals surface area contributed by atoms with Crippen LogP contribution in [0.2, 0.25) is 0 Å². The van der Waals surface area contributed by atoms with E-state index < -0.39 is 6.04 Å². The van der Waals surface area contributed by atoms with Crippen molar-refractivity contribution in [1.82, 2.24) is 5.32 Å². The predicted molar refractivity (Wildman–Crippen MR) is 70.7 cm³/mol. The Bertz CT molecular complexity index is 340. The van der Waals surface area contributed by atoms with Crippen LogP contribution in [0.5, 0.6) is 5.75 Å². The molecule has 1 unspecified atom stereocenters. The van der Waals surface area contributed by atoms with E-state index in [0.29, 0.717) is 6.61 Å². The van der Waals surface area contributed by atoms with Crippen molar-refractivity contribution in [3.8, 4) is 5.75 Å². The molecule has 0 amide bonds. The van der Waals surface area contributed by atoms with Gasteiger partial charge in [-0.15, -0.1) is 0 Å². The maximum atomic E-state index is 11.7. The van der Waals surface area contributed by atoms with Gasteiger partial charge in [-0.1, -0.05) is 25.1 Å². The number of rotatable bonds is 8. The van der Waals surface area contributed by atoms with Gasteiger partial charge < -0.3 is 14.8 Å². The van der Waals surface area contributed by atoms with Crippen LogP contribution in [0.15, 0.2) is 30.3 Å². The Morgan fingerprint density at radius 2 is 2.00 bits per heavy atom. The van der Waals surface area contributed by atoms with Crippen LogP contribution < -0.4 is 10.1 Å². The number of carbonyl (C=O) groups excluding carboxylic acids is 1. The molecule has 1 rings (SSSR count). The summed E-state index contributed by atoms with van der Waals surface area (Å²) >= 11 is 0. The largest absolute Gasteiger partial charge is 0.491 e. The van der Waals surface area contributed by atoms with Gasteiger partial charge in [0.1, 0.15) is 18.4 Å². The van der Waals surface area contributed by atoms with Crippen LogP contribution in [0.3, 0.4) is 0 Å². The van der Waals surface area contributed by atoms with Crippen LogP contribution in [0.4, 0.5) is 0 Å². The molecular formula is C14H21NO3. The van der Waals surface area contributed by atoms with Gasteiger partial charge in [0.2, 0.25) is 0 Å². The third-order valence-corrected chi connectivity index (χ3v) is 2.37. The van der Waals surface area contributed by atoms with E-state index in [1.54, 1.807) is 6.92 Å². The van der Waals surface area contributed by atoms with Crippen LogP contribution in [0.1, 0.15) is 20.3 Å². The van der Waals surface area contributed by atoms with Gasteiger partial charge in [-0.2, -0.15) is 0 Å². The first-order valence-electron chi connectivity index (χ1n) is 6.35. The Morgan fingerprint density at radius 1 is 1.28 bits per heavy atom. The van der Waals surface area contributed by atoms with Crippen molar-refractivity contribution in [2.75, 3.05) is 19.8 Å². The molecule has 0 heterocycles. The molecule has 0 bridgehead atoms. The van der Waals surface area contributed by atoms with Gasteiger partial charge in [0.25, 0.3) is 0 Å². The van der Waals surface area contributed by atoms with E-state index in [4.69, 9.17) is 9.47 Å². The Hall–Kier alpha value is -1.55. The molecule has 0 fully saturated rings. The number of para-hydroxylation sites is 1. The number of carbonyl (C=O) groups is 1. The minimum absolute atomic E-state index is 0.262. The highest BCUT2D eigenvalue weighted by Crippen LogP contribution is 2.08. The second-order valence-electron chi connectivity index (χ2n) is 3.88. The minimum atomic E-state index is -0.412. The molecule has 0 saturated carbocycles. The van der Waals surface area contributed by atoms with Crippen LogP contribution in [-0.2, 0) is 9.53 Å². The number of benzene rings is 1. The van der Waals surface area contributed by atoms with Crippen molar-refractivity contribution in [3.05, 3.63) is 30.3 Å². The topological polar surface area (TPSA) is 47.6 Å². The SMILES string of the molecule is CCCNC(COc1ccccc1)C(=O)OCC. The van der Waals surface area contributed by atoms with Crippen molar-refractivity contribution in [2.45, 2.75) is 26.3 Å². The van der Waals surface area contributed by atoms with E-state index in [0.717, 1.165) is 18.7 Å². The van der Waals surface area contributed by atoms with Gasteiger partial charge in [0.05, 0.1) is 6.61 Å². The highest BCUT2D eigenvalue weighted by Gasteiger charge is 2.19.